The van der Waals surface area contributed by atoms with Crippen molar-refractivity contribution in [2.24, 2.45) is 5.73 Å². The number of nitrogens with two attached hydrogens (primary N) is 1. The quantitative estimate of drug-likeness (QED) is 0.365. The van der Waals surface area contributed by atoms with E-state index in [2.05, 4.69) is 4.74 Å². The van der Waals surface area contributed by atoms with Crippen molar-refractivity contribution in [1.82, 2.24) is 0 Å². The molecule has 0 aromatic heterocycles. The lowest BCUT2D eigenvalue weighted by molar-refractivity contribution is -0.244. The summed E-state index contributed by atoms with van der Waals surface area (Å²) in [5.41, 5.74) is 5.22. The number of rotatable bonds is 1. The number of aliphatic hydroxyl groups excluding tert-OH is 3. The van der Waals surface area contributed by atoms with Gasteiger partial charge in [0.15, 0.2) is 6.29 Å². The SMILES string of the molecule is N[C@H]1C(O)OC(CF)[C@H](O)C1O. The molecule has 1 aliphatic heterocycles. The predicted molar refractivity (Wildman–Crippen MR) is 36.8 cm³/mol. The molecular weight excluding hydrogens is 169 g/mol. The number of ether oxygens (including phenoxy) is 1. The van der Waals surface area contributed by atoms with Gasteiger partial charge in [0.2, 0.25) is 0 Å². The molecule has 5 N–H and O–H groups in total. The first-order chi connectivity index (χ1) is 5.57. The Morgan fingerprint density at radius 2 is 1.83 bits per heavy atom. The summed E-state index contributed by atoms with van der Waals surface area (Å²) in [4.78, 5) is 0. The molecule has 0 spiro atoms. The highest BCUT2D eigenvalue weighted by molar-refractivity contribution is 4.90. The molecule has 0 aromatic carbocycles. The van der Waals surface area contributed by atoms with Crippen LogP contribution in [0.15, 0.2) is 0 Å². The standard InChI is InChI=1S/C6H12FNO4/c7-1-2-4(9)5(10)3(8)6(11)12-2/h2-6,9-11H,1,8H2/t2?,3-,4+,5?,6?/m1/s1. The van der Waals surface area contributed by atoms with E-state index in [4.69, 9.17) is 21.1 Å². The van der Waals surface area contributed by atoms with Gasteiger partial charge in [0, 0.05) is 0 Å². The Hall–Kier alpha value is -0.270. The van der Waals surface area contributed by atoms with Gasteiger partial charge in [-0.25, -0.2) is 4.39 Å². The second-order valence-corrected chi connectivity index (χ2v) is 2.78. The van der Waals surface area contributed by atoms with E-state index in [-0.39, 0.29) is 0 Å². The van der Waals surface area contributed by atoms with Crippen molar-refractivity contribution in [3.63, 3.8) is 0 Å². The molecule has 1 rings (SSSR count). The van der Waals surface area contributed by atoms with Crippen LogP contribution in [0.3, 0.4) is 0 Å². The molecule has 0 radical (unpaired) electrons. The second-order valence-electron chi connectivity index (χ2n) is 2.78. The summed E-state index contributed by atoms with van der Waals surface area (Å²) in [6.07, 6.45) is -5.36. The van der Waals surface area contributed by atoms with Crippen LogP contribution in [0.2, 0.25) is 0 Å². The highest BCUT2D eigenvalue weighted by atomic mass is 19.1. The van der Waals surface area contributed by atoms with E-state index >= 15 is 0 Å². The van der Waals surface area contributed by atoms with Crippen LogP contribution in [0.25, 0.3) is 0 Å². The minimum atomic E-state index is -1.43. The lowest BCUT2D eigenvalue weighted by Crippen LogP contribution is -2.61. The van der Waals surface area contributed by atoms with Crippen LogP contribution in [0.1, 0.15) is 0 Å². The highest BCUT2D eigenvalue weighted by Crippen LogP contribution is 2.18. The Morgan fingerprint density at radius 1 is 1.25 bits per heavy atom. The summed E-state index contributed by atoms with van der Waals surface area (Å²) in [7, 11) is 0. The molecule has 0 saturated carbocycles. The van der Waals surface area contributed by atoms with Crippen molar-refractivity contribution in [3.8, 4) is 0 Å². The van der Waals surface area contributed by atoms with Crippen LogP contribution in [0, 0.1) is 0 Å². The average molecular weight is 181 g/mol. The maximum absolute atomic E-state index is 12.1. The Morgan fingerprint density at radius 3 is 2.33 bits per heavy atom. The summed E-state index contributed by atoms with van der Waals surface area (Å²) in [6, 6.07) is -1.09. The van der Waals surface area contributed by atoms with Crippen molar-refractivity contribution in [2.75, 3.05) is 6.67 Å². The molecule has 6 heteroatoms. The normalized spacial score (nSPS) is 49.2. The maximum atomic E-state index is 12.1. The van der Waals surface area contributed by atoms with Crippen LogP contribution < -0.4 is 5.73 Å². The molecule has 0 amide bonds. The number of hydrogen-bond donors (Lipinski definition) is 4. The largest absolute Gasteiger partial charge is 0.388 e. The fraction of sp³-hybridized carbons (Fsp3) is 1.00. The third-order valence-corrected chi connectivity index (χ3v) is 1.92. The Balaban J connectivity index is 2.63. The fourth-order valence-electron chi connectivity index (χ4n) is 1.09. The Labute approximate surface area is 68.6 Å². The molecule has 1 saturated heterocycles. The molecule has 5 atom stereocenters. The molecule has 3 unspecified atom stereocenters. The van der Waals surface area contributed by atoms with Gasteiger partial charge in [0.25, 0.3) is 0 Å². The monoisotopic (exact) mass is 181 g/mol. The van der Waals surface area contributed by atoms with E-state index in [1.165, 1.54) is 0 Å². The molecule has 0 aromatic rings. The third-order valence-electron chi connectivity index (χ3n) is 1.92. The Kier molecular flexibility index (Phi) is 2.97. The van der Waals surface area contributed by atoms with Gasteiger partial charge in [-0.15, -0.1) is 0 Å². The van der Waals surface area contributed by atoms with Crippen molar-refractivity contribution >= 4 is 0 Å². The maximum Gasteiger partial charge on any atom is 0.173 e. The Bertz CT molecular complexity index is 154. The van der Waals surface area contributed by atoms with Gasteiger partial charge in [-0.05, 0) is 0 Å². The minimum Gasteiger partial charge on any atom is -0.388 e. The summed E-state index contributed by atoms with van der Waals surface area (Å²) >= 11 is 0. The van der Waals surface area contributed by atoms with Gasteiger partial charge in [-0.1, -0.05) is 0 Å². The summed E-state index contributed by atoms with van der Waals surface area (Å²) < 4.78 is 16.6. The molecule has 72 valence electrons. The topological polar surface area (TPSA) is 95.9 Å². The first kappa shape index (κ1) is 9.82. The van der Waals surface area contributed by atoms with E-state index in [9.17, 15) is 4.39 Å². The first-order valence-electron chi connectivity index (χ1n) is 3.59. The summed E-state index contributed by atoms with van der Waals surface area (Å²) in [5.74, 6) is 0. The molecule has 5 nitrogen and oxygen atoms in total. The van der Waals surface area contributed by atoms with E-state index in [1.807, 2.05) is 0 Å². The predicted octanol–water partition coefficient (Wildman–Crippen LogP) is -2.28. The van der Waals surface area contributed by atoms with Gasteiger partial charge in [0.1, 0.15) is 25.0 Å². The molecule has 1 fully saturated rings. The molecular formula is C6H12FNO4. The van der Waals surface area contributed by atoms with Crippen LogP contribution in [0.4, 0.5) is 4.39 Å². The van der Waals surface area contributed by atoms with Crippen LogP contribution in [-0.2, 0) is 4.74 Å². The molecule has 0 bridgehead atoms. The highest BCUT2D eigenvalue weighted by Gasteiger charge is 2.41. The lowest BCUT2D eigenvalue weighted by Gasteiger charge is -2.37. The second kappa shape index (κ2) is 3.63. The van der Waals surface area contributed by atoms with Gasteiger partial charge < -0.3 is 25.8 Å². The number of alkyl halides is 1. The summed E-state index contributed by atoms with van der Waals surface area (Å²) in [5, 5.41) is 27.2. The van der Waals surface area contributed by atoms with E-state index < -0.39 is 37.3 Å². The molecule has 1 aliphatic rings. The zero-order valence-corrected chi connectivity index (χ0v) is 6.30. The molecule has 12 heavy (non-hydrogen) atoms. The van der Waals surface area contributed by atoms with Gasteiger partial charge in [0.05, 0.1) is 6.04 Å². The van der Waals surface area contributed by atoms with Gasteiger partial charge >= 0.3 is 0 Å². The summed E-state index contributed by atoms with van der Waals surface area (Å²) in [6.45, 7) is -0.970. The number of aliphatic hydroxyl groups is 3. The molecule has 0 aliphatic carbocycles. The average Bonchev–Trinajstić information content (AvgIpc) is 2.08. The minimum absolute atomic E-state index is 0.970. The zero-order chi connectivity index (χ0) is 9.30. The van der Waals surface area contributed by atoms with Crippen LogP contribution in [-0.4, -0.2) is 52.6 Å². The van der Waals surface area contributed by atoms with E-state index in [0.717, 1.165) is 0 Å². The smallest absolute Gasteiger partial charge is 0.173 e. The van der Waals surface area contributed by atoms with Crippen molar-refractivity contribution in [2.45, 2.75) is 30.6 Å². The lowest BCUT2D eigenvalue weighted by atomic mass is 9.98. The zero-order valence-electron chi connectivity index (χ0n) is 6.30. The van der Waals surface area contributed by atoms with Crippen LogP contribution >= 0.6 is 0 Å². The van der Waals surface area contributed by atoms with Crippen LogP contribution in [0.5, 0.6) is 0 Å². The van der Waals surface area contributed by atoms with Crippen molar-refractivity contribution in [1.29, 1.82) is 0 Å². The van der Waals surface area contributed by atoms with Crippen molar-refractivity contribution < 1.29 is 24.4 Å². The van der Waals surface area contributed by atoms with Gasteiger partial charge in [-0.3, -0.25) is 0 Å². The van der Waals surface area contributed by atoms with E-state index in [1.54, 1.807) is 0 Å². The first-order valence-corrected chi connectivity index (χ1v) is 3.59. The fourth-order valence-corrected chi connectivity index (χ4v) is 1.09. The van der Waals surface area contributed by atoms with Gasteiger partial charge in [-0.2, -0.15) is 0 Å². The third kappa shape index (κ3) is 1.57. The van der Waals surface area contributed by atoms with E-state index in [0.29, 0.717) is 0 Å². The van der Waals surface area contributed by atoms with Crippen molar-refractivity contribution in [3.05, 3.63) is 0 Å². The number of hydrogen-bond acceptors (Lipinski definition) is 5. The molecule has 1 heterocycles. The number of halogens is 1.